The minimum absolute atomic E-state index is 0.154. The van der Waals surface area contributed by atoms with E-state index in [0.717, 1.165) is 76.1 Å². The van der Waals surface area contributed by atoms with Gasteiger partial charge in [0.1, 0.15) is 5.82 Å². The Labute approximate surface area is 192 Å². The van der Waals surface area contributed by atoms with Crippen molar-refractivity contribution in [2.24, 2.45) is 0 Å². The highest BCUT2D eigenvalue weighted by Crippen LogP contribution is 2.28. The fraction of sp³-hybridized carbons (Fsp3) is 0.556. The quantitative estimate of drug-likeness (QED) is 0.546. The summed E-state index contributed by atoms with van der Waals surface area (Å²) < 4.78 is 6.18. The lowest BCUT2D eigenvalue weighted by Crippen LogP contribution is -2.32. The second-order valence-electron chi connectivity index (χ2n) is 9.18. The first kappa shape index (κ1) is 22.9. The highest BCUT2D eigenvalue weighted by Gasteiger charge is 2.32. The summed E-state index contributed by atoms with van der Waals surface area (Å²) in [7, 11) is 0. The number of unbranched alkanes of at least 4 members (excludes halogenated alkanes) is 1. The largest absolute Gasteiger partial charge is 0.377 e. The Bertz CT molecular complexity index is 896. The van der Waals surface area contributed by atoms with Crippen LogP contribution < -0.4 is 5.32 Å². The Morgan fingerprint density at radius 2 is 2.06 bits per heavy atom. The molecule has 2 atom stereocenters. The Hall–Kier alpha value is -2.24. The Kier molecular flexibility index (Phi) is 7.93. The maximum atomic E-state index is 12.4. The third-order valence-electron chi connectivity index (χ3n) is 6.76. The number of carbonyl (C=O) groups excluding carboxylic acids is 1. The number of Topliss-reactive ketones (excluding diaryl/α,β-unsaturated/α-hetero) is 1. The normalized spacial score (nSPS) is 19.4. The van der Waals surface area contributed by atoms with Crippen LogP contribution in [0.4, 0.5) is 5.82 Å². The zero-order valence-corrected chi connectivity index (χ0v) is 19.6. The minimum Gasteiger partial charge on any atom is -0.377 e. The van der Waals surface area contributed by atoms with Gasteiger partial charge in [0, 0.05) is 31.9 Å². The van der Waals surface area contributed by atoms with Crippen LogP contribution in [0.25, 0.3) is 0 Å². The third kappa shape index (κ3) is 5.76. The molecule has 0 radical (unpaired) electrons. The van der Waals surface area contributed by atoms with Gasteiger partial charge in [-0.1, -0.05) is 37.3 Å². The average Bonchev–Trinajstić information content (AvgIpc) is 3.27. The standard InChI is InChI=1S/C27H37N3O2/c1-3-21-9-11-22(12-10-21)26(20(2)31)30-17-15-25(19-30)32-18-5-4-8-24-14-13-23-7-6-16-28-27(23)29-24/h9-14,25-26H,3-8,15-19H2,1-2H3,(H,28,29)/t25-,26-/m1/s1. The van der Waals surface area contributed by atoms with E-state index >= 15 is 0 Å². The van der Waals surface area contributed by atoms with Crippen molar-refractivity contribution in [1.82, 2.24) is 9.88 Å². The van der Waals surface area contributed by atoms with E-state index in [0.29, 0.717) is 0 Å². The summed E-state index contributed by atoms with van der Waals surface area (Å²) in [5, 5.41) is 3.42. The van der Waals surface area contributed by atoms with Crippen LogP contribution in [0.3, 0.4) is 0 Å². The number of ether oxygens (including phenoxy) is 1. The molecule has 0 unspecified atom stereocenters. The molecular weight excluding hydrogens is 398 g/mol. The van der Waals surface area contributed by atoms with Crippen LogP contribution in [-0.2, 0) is 28.8 Å². The van der Waals surface area contributed by atoms with E-state index in [9.17, 15) is 4.79 Å². The number of aryl methyl sites for hydroxylation is 3. The smallest absolute Gasteiger partial charge is 0.151 e. The van der Waals surface area contributed by atoms with Crippen LogP contribution in [0.5, 0.6) is 0 Å². The number of hydrogen-bond donors (Lipinski definition) is 1. The van der Waals surface area contributed by atoms with Crippen molar-refractivity contribution in [2.45, 2.75) is 70.9 Å². The molecule has 5 heteroatoms. The number of rotatable bonds is 10. The molecule has 1 fully saturated rings. The maximum absolute atomic E-state index is 12.4. The van der Waals surface area contributed by atoms with Crippen molar-refractivity contribution in [1.29, 1.82) is 0 Å². The first-order chi connectivity index (χ1) is 15.6. The highest BCUT2D eigenvalue weighted by atomic mass is 16.5. The van der Waals surface area contributed by atoms with Gasteiger partial charge in [-0.05, 0) is 74.6 Å². The molecule has 0 aliphatic carbocycles. The first-order valence-corrected chi connectivity index (χ1v) is 12.3. The Morgan fingerprint density at radius 3 is 2.84 bits per heavy atom. The summed E-state index contributed by atoms with van der Waals surface area (Å²) in [6, 6.07) is 12.8. The zero-order valence-electron chi connectivity index (χ0n) is 19.6. The lowest BCUT2D eigenvalue weighted by atomic mass is 10.00. The molecule has 32 heavy (non-hydrogen) atoms. The summed E-state index contributed by atoms with van der Waals surface area (Å²) in [5.74, 6) is 1.29. The second kappa shape index (κ2) is 11.1. The van der Waals surface area contributed by atoms with Crippen LogP contribution in [0, 0.1) is 0 Å². The molecule has 2 aliphatic rings. The Balaban J connectivity index is 1.20. The second-order valence-corrected chi connectivity index (χ2v) is 9.18. The predicted molar refractivity (Wildman–Crippen MR) is 129 cm³/mol. The predicted octanol–water partition coefficient (Wildman–Crippen LogP) is 4.75. The molecule has 1 N–H and O–H groups in total. The number of likely N-dealkylation sites (tertiary alicyclic amines) is 1. The van der Waals surface area contributed by atoms with Crippen molar-refractivity contribution in [3.8, 4) is 0 Å². The number of nitrogens with one attached hydrogen (secondary N) is 1. The van der Waals surface area contributed by atoms with Crippen molar-refractivity contribution < 1.29 is 9.53 Å². The average molecular weight is 436 g/mol. The number of benzene rings is 1. The molecular formula is C27H37N3O2. The van der Waals surface area contributed by atoms with Crippen LogP contribution in [0.15, 0.2) is 36.4 Å². The van der Waals surface area contributed by atoms with Gasteiger partial charge >= 0.3 is 0 Å². The van der Waals surface area contributed by atoms with Gasteiger partial charge in [0.25, 0.3) is 0 Å². The van der Waals surface area contributed by atoms with E-state index in [2.05, 4.69) is 53.5 Å². The molecule has 1 saturated heterocycles. The van der Waals surface area contributed by atoms with Crippen molar-refractivity contribution >= 4 is 11.6 Å². The summed E-state index contributed by atoms with van der Waals surface area (Å²) in [4.78, 5) is 19.5. The van der Waals surface area contributed by atoms with Gasteiger partial charge in [-0.25, -0.2) is 4.98 Å². The summed E-state index contributed by atoms with van der Waals surface area (Å²) >= 11 is 0. The molecule has 5 nitrogen and oxygen atoms in total. The van der Waals surface area contributed by atoms with Crippen molar-refractivity contribution in [3.05, 3.63) is 58.8 Å². The van der Waals surface area contributed by atoms with Gasteiger partial charge < -0.3 is 10.1 Å². The molecule has 0 amide bonds. The van der Waals surface area contributed by atoms with E-state index in [4.69, 9.17) is 9.72 Å². The molecule has 172 valence electrons. The first-order valence-electron chi connectivity index (χ1n) is 12.3. The summed E-state index contributed by atoms with van der Waals surface area (Å²) in [6.07, 6.45) is 7.68. The number of carbonyl (C=O) groups is 1. The van der Waals surface area contributed by atoms with Crippen molar-refractivity contribution in [2.75, 3.05) is 31.6 Å². The SMILES string of the molecule is CCc1ccc([C@@H](C(C)=O)N2CC[C@@H](OCCCCc3ccc4c(n3)NCCC4)C2)cc1. The topological polar surface area (TPSA) is 54.5 Å². The molecule has 2 aromatic rings. The summed E-state index contributed by atoms with van der Waals surface area (Å²) in [5.41, 5.74) is 4.92. The van der Waals surface area contributed by atoms with E-state index in [-0.39, 0.29) is 17.9 Å². The number of pyridine rings is 1. The van der Waals surface area contributed by atoms with Gasteiger partial charge in [-0.2, -0.15) is 0 Å². The van der Waals surface area contributed by atoms with E-state index in [1.54, 1.807) is 6.92 Å². The van der Waals surface area contributed by atoms with Crippen LogP contribution in [0.1, 0.15) is 68.0 Å². The van der Waals surface area contributed by atoms with Gasteiger partial charge in [0.2, 0.25) is 0 Å². The number of fused-ring (bicyclic) bond motifs is 1. The summed E-state index contributed by atoms with van der Waals surface area (Å²) in [6.45, 7) is 7.41. The van der Waals surface area contributed by atoms with Crippen LogP contribution in [-0.4, -0.2) is 48.0 Å². The molecule has 3 heterocycles. The van der Waals surface area contributed by atoms with E-state index in [1.165, 1.54) is 23.2 Å². The molecule has 0 bridgehead atoms. The maximum Gasteiger partial charge on any atom is 0.151 e. The molecule has 0 saturated carbocycles. The number of hydrogen-bond acceptors (Lipinski definition) is 5. The lowest BCUT2D eigenvalue weighted by molar-refractivity contribution is -0.122. The zero-order chi connectivity index (χ0) is 22.3. The molecule has 1 aromatic carbocycles. The molecule has 2 aliphatic heterocycles. The molecule has 0 spiro atoms. The van der Waals surface area contributed by atoms with Crippen molar-refractivity contribution in [3.63, 3.8) is 0 Å². The highest BCUT2D eigenvalue weighted by molar-refractivity contribution is 5.83. The monoisotopic (exact) mass is 435 g/mol. The van der Waals surface area contributed by atoms with Gasteiger partial charge in [0.15, 0.2) is 5.78 Å². The van der Waals surface area contributed by atoms with E-state index in [1.807, 2.05) is 0 Å². The third-order valence-corrected chi connectivity index (χ3v) is 6.76. The minimum atomic E-state index is -0.154. The Morgan fingerprint density at radius 1 is 1.22 bits per heavy atom. The molecule has 1 aromatic heterocycles. The van der Waals surface area contributed by atoms with Gasteiger partial charge in [-0.15, -0.1) is 0 Å². The fourth-order valence-corrected chi connectivity index (χ4v) is 4.93. The number of ketones is 1. The lowest BCUT2D eigenvalue weighted by Gasteiger charge is -2.26. The van der Waals surface area contributed by atoms with Crippen LogP contribution >= 0.6 is 0 Å². The molecule has 4 rings (SSSR count). The van der Waals surface area contributed by atoms with Crippen LogP contribution in [0.2, 0.25) is 0 Å². The van der Waals surface area contributed by atoms with Gasteiger partial charge in [-0.3, -0.25) is 9.69 Å². The van der Waals surface area contributed by atoms with E-state index < -0.39 is 0 Å². The number of nitrogens with zero attached hydrogens (tertiary/aromatic N) is 2. The van der Waals surface area contributed by atoms with Gasteiger partial charge in [0.05, 0.1) is 12.1 Å². The fourth-order valence-electron chi connectivity index (χ4n) is 4.93. The number of aromatic nitrogens is 1. The number of anilines is 1.